The lowest BCUT2D eigenvalue weighted by molar-refractivity contribution is 0.699. The third-order valence-electron chi connectivity index (χ3n) is 5.29. The van der Waals surface area contributed by atoms with Gasteiger partial charge in [0.2, 0.25) is 5.78 Å². The maximum atomic E-state index is 13.5. The van der Waals surface area contributed by atoms with Crippen molar-refractivity contribution in [2.45, 2.75) is 46.0 Å². The monoisotopic (exact) mass is 364 g/mol. The minimum atomic E-state index is 0.0332. The Bertz CT molecular complexity index is 1200. The van der Waals surface area contributed by atoms with Crippen molar-refractivity contribution in [3.63, 3.8) is 0 Å². The van der Waals surface area contributed by atoms with E-state index >= 15 is 0 Å². The minimum absolute atomic E-state index is 0.0332. The SMILES string of the molecule is CCc1nnc2n(-c3ccc(C)cc3)c(=O)c3c4c(sc3n12)CCCC4. The maximum Gasteiger partial charge on any atom is 0.268 e. The second-order valence-electron chi connectivity index (χ2n) is 6.97. The number of benzene rings is 1. The van der Waals surface area contributed by atoms with Gasteiger partial charge in [-0.3, -0.25) is 9.20 Å². The number of hydrogen-bond acceptors (Lipinski definition) is 4. The Hall–Kier alpha value is -2.47. The third kappa shape index (κ3) is 2.11. The molecular formula is C20H20N4OS. The van der Waals surface area contributed by atoms with Crippen molar-refractivity contribution in [3.05, 3.63) is 56.4 Å². The molecule has 5 nitrogen and oxygen atoms in total. The normalized spacial score (nSPS) is 14.2. The molecule has 1 aliphatic rings. The lowest BCUT2D eigenvalue weighted by Crippen LogP contribution is -2.22. The van der Waals surface area contributed by atoms with Crippen LogP contribution in [0.2, 0.25) is 0 Å². The number of aryl methyl sites for hydroxylation is 4. The molecule has 0 unspecified atom stereocenters. The van der Waals surface area contributed by atoms with Crippen LogP contribution in [0, 0.1) is 6.92 Å². The third-order valence-corrected chi connectivity index (χ3v) is 6.57. The van der Waals surface area contributed by atoms with Gasteiger partial charge in [0.15, 0.2) is 0 Å². The standard InChI is InChI=1S/C20H20N4OS/c1-3-16-21-22-20-23(13-10-8-12(2)9-11-13)18(25)17-14-6-4-5-7-15(14)26-19(17)24(16)20/h8-11H,3-7H2,1-2H3. The summed E-state index contributed by atoms with van der Waals surface area (Å²) in [4.78, 5) is 15.9. The van der Waals surface area contributed by atoms with Crippen LogP contribution in [0.3, 0.4) is 0 Å². The average molecular weight is 364 g/mol. The highest BCUT2D eigenvalue weighted by atomic mass is 32.1. The van der Waals surface area contributed by atoms with E-state index in [0.717, 1.165) is 47.4 Å². The van der Waals surface area contributed by atoms with Gasteiger partial charge >= 0.3 is 0 Å². The molecule has 0 saturated carbocycles. The van der Waals surface area contributed by atoms with Gasteiger partial charge in [-0.05, 0) is 50.3 Å². The zero-order valence-electron chi connectivity index (χ0n) is 15.0. The van der Waals surface area contributed by atoms with Crippen LogP contribution in [0.5, 0.6) is 0 Å². The van der Waals surface area contributed by atoms with Crippen molar-refractivity contribution in [2.75, 3.05) is 0 Å². The molecule has 4 aromatic rings. The van der Waals surface area contributed by atoms with Crippen molar-refractivity contribution >= 4 is 27.3 Å². The molecule has 0 atom stereocenters. The van der Waals surface area contributed by atoms with Gasteiger partial charge in [0.05, 0.1) is 11.1 Å². The molecule has 5 rings (SSSR count). The summed E-state index contributed by atoms with van der Waals surface area (Å²) in [6, 6.07) is 8.04. The summed E-state index contributed by atoms with van der Waals surface area (Å²) in [5, 5.41) is 9.63. The van der Waals surface area contributed by atoms with Gasteiger partial charge in [-0.1, -0.05) is 24.6 Å². The van der Waals surface area contributed by atoms with Crippen LogP contribution in [0.15, 0.2) is 29.1 Å². The lowest BCUT2D eigenvalue weighted by Gasteiger charge is -2.12. The van der Waals surface area contributed by atoms with E-state index in [1.165, 1.54) is 22.4 Å². The largest absolute Gasteiger partial charge is 0.268 e. The molecule has 0 amide bonds. The summed E-state index contributed by atoms with van der Waals surface area (Å²) in [6.07, 6.45) is 5.21. The second-order valence-corrected chi connectivity index (χ2v) is 8.06. The van der Waals surface area contributed by atoms with E-state index in [1.807, 2.05) is 31.2 Å². The molecule has 0 radical (unpaired) electrons. The number of hydrogen-bond donors (Lipinski definition) is 0. The van der Waals surface area contributed by atoms with Crippen LogP contribution in [0.4, 0.5) is 0 Å². The molecule has 0 N–H and O–H groups in total. The van der Waals surface area contributed by atoms with Crippen LogP contribution in [0.25, 0.3) is 21.7 Å². The van der Waals surface area contributed by atoms with E-state index in [2.05, 4.69) is 21.5 Å². The topological polar surface area (TPSA) is 52.2 Å². The highest BCUT2D eigenvalue weighted by Crippen LogP contribution is 2.35. The zero-order chi connectivity index (χ0) is 17.8. The number of thiophene rings is 1. The predicted molar refractivity (Wildman–Crippen MR) is 105 cm³/mol. The van der Waals surface area contributed by atoms with Gasteiger partial charge in [-0.25, -0.2) is 4.57 Å². The summed E-state index contributed by atoms with van der Waals surface area (Å²) >= 11 is 1.75. The minimum Gasteiger partial charge on any atom is -0.268 e. The molecule has 1 aliphatic carbocycles. The summed E-state index contributed by atoms with van der Waals surface area (Å²) in [5.41, 5.74) is 3.30. The second kappa shape index (κ2) is 5.77. The first kappa shape index (κ1) is 15.8. The molecule has 26 heavy (non-hydrogen) atoms. The Morgan fingerprint density at radius 2 is 1.88 bits per heavy atom. The predicted octanol–water partition coefficient (Wildman–Crippen LogP) is 3.84. The first-order valence-electron chi connectivity index (χ1n) is 9.19. The van der Waals surface area contributed by atoms with E-state index in [0.29, 0.717) is 5.78 Å². The number of fused-ring (bicyclic) bond motifs is 5. The summed E-state index contributed by atoms with van der Waals surface area (Å²) in [5.74, 6) is 1.52. The fourth-order valence-corrected chi connectivity index (χ4v) is 5.35. The Kier molecular flexibility index (Phi) is 3.50. The van der Waals surface area contributed by atoms with Crippen LogP contribution in [0.1, 0.15) is 41.6 Å². The van der Waals surface area contributed by atoms with Gasteiger partial charge in [0.1, 0.15) is 10.7 Å². The maximum absolute atomic E-state index is 13.5. The quantitative estimate of drug-likeness (QED) is 0.543. The van der Waals surface area contributed by atoms with Gasteiger partial charge in [0, 0.05) is 11.3 Å². The smallest absolute Gasteiger partial charge is 0.268 e. The van der Waals surface area contributed by atoms with E-state index in [4.69, 9.17) is 0 Å². The Balaban J connectivity index is 1.98. The van der Waals surface area contributed by atoms with E-state index in [9.17, 15) is 4.79 Å². The molecule has 0 saturated heterocycles. The molecular weight excluding hydrogens is 344 g/mol. The summed E-state index contributed by atoms with van der Waals surface area (Å²) < 4.78 is 3.83. The Labute approximate surface area is 154 Å². The molecule has 0 bridgehead atoms. The van der Waals surface area contributed by atoms with Crippen LogP contribution in [-0.2, 0) is 19.3 Å². The van der Waals surface area contributed by atoms with Crippen LogP contribution < -0.4 is 5.56 Å². The first-order valence-corrected chi connectivity index (χ1v) is 10.0. The number of nitrogens with zero attached hydrogens (tertiary/aromatic N) is 4. The lowest BCUT2D eigenvalue weighted by atomic mass is 9.97. The van der Waals surface area contributed by atoms with E-state index < -0.39 is 0 Å². The zero-order valence-corrected chi connectivity index (χ0v) is 15.8. The molecule has 6 heteroatoms. The molecule has 0 fully saturated rings. The average Bonchev–Trinajstić information content (AvgIpc) is 3.24. The van der Waals surface area contributed by atoms with Crippen molar-refractivity contribution in [1.29, 1.82) is 0 Å². The number of aromatic nitrogens is 4. The van der Waals surface area contributed by atoms with Crippen molar-refractivity contribution in [1.82, 2.24) is 19.2 Å². The first-order chi connectivity index (χ1) is 12.7. The Morgan fingerprint density at radius 1 is 1.12 bits per heavy atom. The molecule has 3 heterocycles. The summed E-state index contributed by atoms with van der Waals surface area (Å²) in [7, 11) is 0. The molecule has 0 spiro atoms. The fourth-order valence-electron chi connectivity index (χ4n) is 3.95. The molecule has 0 aliphatic heterocycles. The highest BCUT2D eigenvalue weighted by molar-refractivity contribution is 7.18. The highest BCUT2D eigenvalue weighted by Gasteiger charge is 2.24. The molecule has 1 aromatic carbocycles. The van der Waals surface area contributed by atoms with Gasteiger partial charge in [0.25, 0.3) is 5.56 Å². The molecule has 132 valence electrons. The van der Waals surface area contributed by atoms with Crippen LogP contribution in [-0.4, -0.2) is 19.2 Å². The summed E-state index contributed by atoms with van der Waals surface area (Å²) in [6.45, 7) is 4.13. The van der Waals surface area contributed by atoms with Gasteiger partial charge in [-0.2, -0.15) is 0 Å². The van der Waals surface area contributed by atoms with E-state index in [-0.39, 0.29) is 5.56 Å². The van der Waals surface area contributed by atoms with Crippen LogP contribution >= 0.6 is 11.3 Å². The number of rotatable bonds is 2. The van der Waals surface area contributed by atoms with E-state index in [1.54, 1.807) is 15.9 Å². The van der Waals surface area contributed by atoms with Crippen molar-refractivity contribution < 1.29 is 0 Å². The van der Waals surface area contributed by atoms with Crippen molar-refractivity contribution in [2.24, 2.45) is 0 Å². The molecule has 3 aromatic heterocycles. The van der Waals surface area contributed by atoms with Gasteiger partial charge in [-0.15, -0.1) is 21.5 Å². The Morgan fingerprint density at radius 3 is 2.65 bits per heavy atom. The fraction of sp³-hybridized carbons (Fsp3) is 0.350. The van der Waals surface area contributed by atoms with Gasteiger partial charge < -0.3 is 0 Å². The van der Waals surface area contributed by atoms with Crippen molar-refractivity contribution in [3.8, 4) is 5.69 Å².